The summed E-state index contributed by atoms with van der Waals surface area (Å²) in [7, 11) is 0. The number of oxime groups is 1. The van der Waals surface area contributed by atoms with Crippen molar-refractivity contribution in [3.05, 3.63) is 42.5 Å². The SMILES string of the molecule is C=C(c1ccccc1)C(C)(C)/C=N/O. The largest absolute Gasteiger partial charge is 0.411 e. The maximum Gasteiger partial charge on any atom is 0.0536 e. The van der Waals surface area contributed by atoms with Gasteiger partial charge in [0.25, 0.3) is 0 Å². The van der Waals surface area contributed by atoms with Crippen molar-refractivity contribution >= 4 is 11.8 Å². The fourth-order valence-corrected chi connectivity index (χ4v) is 1.23. The van der Waals surface area contributed by atoms with Gasteiger partial charge in [-0.25, -0.2) is 0 Å². The van der Waals surface area contributed by atoms with Crippen molar-refractivity contribution in [1.29, 1.82) is 0 Å². The monoisotopic (exact) mass is 189 g/mol. The Bertz CT molecular complexity index is 339. The Labute approximate surface area is 84.6 Å². The lowest BCUT2D eigenvalue weighted by Crippen LogP contribution is -2.14. The molecule has 74 valence electrons. The van der Waals surface area contributed by atoms with Gasteiger partial charge in [0.05, 0.1) is 6.21 Å². The van der Waals surface area contributed by atoms with Crippen LogP contribution in [0.3, 0.4) is 0 Å². The fourth-order valence-electron chi connectivity index (χ4n) is 1.23. The molecule has 1 rings (SSSR count). The van der Waals surface area contributed by atoms with E-state index in [1.165, 1.54) is 6.21 Å². The van der Waals surface area contributed by atoms with Crippen molar-refractivity contribution in [2.45, 2.75) is 13.8 Å². The maximum atomic E-state index is 8.53. The fraction of sp³-hybridized carbons (Fsp3) is 0.250. The van der Waals surface area contributed by atoms with Crippen LogP contribution in [-0.4, -0.2) is 11.4 Å². The van der Waals surface area contributed by atoms with Gasteiger partial charge in [0.2, 0.25) is 0 Å². The standard InChI is InChI=1S/C12H15NO/c1-10(12(2,3)9-13-14)11-7-5-4-6-8-11/h4-9,14H,1H2,2-3H3/b13-9+. The van der Waals surface area contributed by atoms with E-state index in [9.17, 15) is 0 Å². The Morgan fingerprint density at radius 1 is 1.36 bits per heavy atom. The van der Waals surface area contributed by atoms with Gasteiger partial charge in [-0.3, -0.25) is 0 Å². The van der Waals surface area contributed by atoms with E-state index in [4.69, 9.17) is 5.21 Å². The number of hydrogen-bond acceptors (Lipinski definition) is 2. The van der Waals surface area contributed by atoms with Crippen LogP contribution in [0, 0.1) is 5.41 Å². The number of nitrogens with zero attached hydrogens (tertiary/aromatic N) is 1. The van der Waals surface area contributed by atoms with Gasteiger partial charge in [-0.15, -0.1) is 5.16 Å². The first-order chi connectivity index (χ1) is 6.58. The van der Waals surface area contributed by atoms with E-state index in [2.05, 4.69) is 11.7 Å². The van der Waals surface area contributed by atoms with Crippen molar-refractivity contribution in [2.24, 2.45) is 10.6 Å². The van der Waals surface area contributed by atoms with E-state index in [1.54, 1.807) is 0 Å². The smallest absolute Gasteiger partial charge is 0.0536 e. The number of benzene rings is 1. The molecule has 0 atom stereocenters. The third kappa shape index (κ3) is 2.22. The molecule has 0 aliphatic rings. The molecule has 0 heterocycles. The second-order valence-corrected chi connectivity index (χ2v) is 3.81. The highest BCUT2D eigenvalue weighted by Gasteiger charge is 2.20. The lowest BCUT2D eigenvalue weighted by atomic mass is 9.82. The Kier molecular flexibility index (Phi) is 3.07. The molecule has 0 spiro atoms. The normalized spacial score (nSPS) is 11.9. The van der Waals surface area contributed by atoms with E-state index in [0.717, 1.165) is 11.1 Å². The Morgan fingerprint density at radius 2 is 1.93 bits per heavy atom. The molecule has 0 aliphatic carbocycles. The average molecular weight is 189 g/mol. The first-order valence-corrected chi connectivity index (χ1v) is 4.51. The minimum atomic E-state index is -0.323. The van der Waals surface area contributed by atoms with Crippen LogP contribution in [0.5, 0.6) is 0 Å². The molecule has 1 N–H and O–H groups in total. The lowest BCUT2D eigenvalue weighted by molar-refractivity contribution is 0.317. The molecule has 0 fully saturated rings. The van der Waals surface area contributed by atoms with Gasteiger partial charge in [-0.05, 0) is 11.1 Å². The summed E-state index contributed by atoms with van der Waals surface area (Å²) in [5.41, 5.74) is 1.68. The van der Waals surface area contributed by atoms with Crippen LogP contribution in [0.15, 0.2) is 42.1 Å². The summed E-state index contributed by atoms with van der Waals surface area (Å²) in [4.78, 5) is 0. The number of hydrogen-bond donors (Lipinski definition) is 1. The van der Waals surface area contributed by atoms with Crippen LogP contribution in [0.4, 0.5) is 0 Å². The van der Waals surface area contributed by atoms with Crippen LogP contribution in [0.1, 0.15) is 19.4 Å². The van der Waals surface area contributed by atoms with Crippen LogP contribution in [-0.2, 0) is 0 Å². The summed E-state index contributed by atoms with van der Waals surface area (Å²) in [6.45, 7) is 7.93. The quantitative estimate of drug-likeness (QED) is 0.442. The molecule has 0 amide bonds. The molecule has 0 radical (unpaired) electrons. The van der Waals surface area contributed by atoms with Crippen molar-refractivity contribution in [3.8, 4) is 0 Å². The molecule has 0 aromatic heterocycles. The first-order valence-electron chi connectivity index (χ1n) is 4.51. The summed E-state index contributed by atoms with van der Waals surface area (Å²) >= 11 is 0. The molecule has 2 heteroatoms. The first kappa shape index (κ1) is 10.5. The van der Waals surface area contributed by atoms with Gasteiger partial charge in [0.15, 0.2) is 0 Å². The van der Waals surface area contributed by atoms with Gasteiger partial charge < -0.3 is 5.21 Å². The van der Waals surface area contributed by atoms with Gasteiger partial charge >= 0.3 is 0 Å². The highest BCUT2D eigenvalue weighted by atomic mass is 16.4. The summed E-state index contributed by atoms with van der Waals surface area (Å²) < 4.78 is 0. The topological polar surface area (TPSA) is 32.6 Å². The molecule has 1 aromatic rings. The van der Waals surface area contributed by atoms with Crippen molar-refractivity contribution < 1.29 is 5.21 Å². The van der Waals surface area contributed by atoms with Crippen molar-refractivity contribution in [1.82, 2.24) is 0 Å². The average Bonchev–Trinajstić information content (AvgIpc) is 2.18. The lowest BCUT2D eigenvalue weighted by Gasteiger charge is -2.21. The molecule has 14 heavy (non-hydrogen) atoms. The van der Waals surface area contributed by atoms with Gasteiger partial charge in [-0.2, -0.15) is 0 Å². The maximum absolute atomic E-state index is 8.53. The Morgan fingerprint density at radius 3 is 2.43 bits per heavy atom. The van der Waals surface area contributed by atoms with Gasteiger partial charge in [-0.1, -0.05) is 50.8 Å². The van der Waals surface area contributed by atoms with E-state index < -0.39 is 0 Å². The highest BCUT2D eigenvalue weighted by Crippen LogP contribution is 2.30. The predicted octanol–water partition coefficient (Wildman–Crippen LogP) is 3.19. The zero-order chi connectivity index (χ0) is 10.6. The second-order valence-electron chi connectivity index (χ2n) is 3.81. The number of rotatable bonds is 3. The molecule has 0 aliphatic heterocycles. The van der Waals surface area contributed by atoms with Crippen LogP contribution in [0.25, 0.3) is 5.57 Å². The molecule has 1 aromatic carbocycles. The molecular weight excluding hydrogens is 174 g/mol. The zero-order valence-corrected chi connectivity index (χ0v) is 8.57. The zero-order valence-electron chi connectivity index (χ0n) is 8.57. The molecule has 0 saturated heterocycles. The summed E-state index contributed by atoms with van der Waals surface area (Å²) in [6.07, 6.45) is 1.49. The van der Waals surface area contributed by atoms with E-state index >= 15 is 0 Å². The van der Waals surface area contributed by atoms with E-state index in [-0.39, 0.29) is 5.41 Å². The van der Waals surface area contributed by atoms with Crippen molar-refractivity contribution in [3.63, 3.8) is 0 Å². The Balaban J connectivity index is 2.97. The van der Waals surface area contributed by atoms with Crippen molar-refractivity contribution in [2.75, 3.05) is 0 Å². The molecule has 0 saturated carbocycles. The number of allylic oxidation sites excluding steroid dienone is 1. The molecule has 2 nitrogen and oxygen atoms in total. The third-order valence-corrected chi connectivity index (χ3v) is 2.28. The van der Waals surface area contributed by atoms with Crippen LogP contribution >= 0.6 is 0 Å². The molecule has 0 unspecified atom stereocenters. The summed E-state index contributed by atoms with van der Waals surface area (Å²) in [5, 5.41) is 11.6. The van der Waals surface area contributed by atoms with E-state index in [1.807, 2.05) is 44.2 Å². The molecule has 0 bridgehead atoms. The van der Waals surface area contributed by atoms with Gasteiger partial charge in [0.1, 0.15) is 0 Å². The summed E-state index contributed by atoms with van der Waals surface area (Å²) in [5.74, 6) is 0. The van der Waals surface area contributed by atoms with Crippen LogP contribution < -0.4 is 0 Å². The Hall–Kier alpha value is -1.57. The minimum absolute atomic E-state index is 0.323. The van der Waals surface area contributed by atoms with E-state index in [0.29, 0.717) is 0 Å². The van der Waals surface area contributed by atoms with Gasteiger partial charge in [0, 0.05) is 5.41 Å². The highest BCUT2D eigenvalue weighted by molar-refractivity contribution is 5.85. The second kappa shape index (κ2) is 4.09. The van der Waals surface area contributed by atoms with Crippen LogP contribution in [0.2, 0.25) is 0 Å². The summed E-state index contributed by atoms with van der Waals surface area (Å²) in [6, 6.07) is 9.88. The third-order valence-electron chi connectivity index (χ3n) is 2.28. The molecular formula is C12H15NO. The minimum Gasteiger partial charge on any atom is -0.411 e. The predicted molar refractivity (Wildman–Crippen MR) is 59.5 cm³/mol.